The molecular weight excluding hydrogens is 320 g/mol. The van der Waals surface area contributed by atoms with Crippen LogP contribution in [0.3, 0.4) is 0 Å². The number of H-pyrrole nitrogens is 4. The molecule has 25 heavy (non-hydrogen) atoms. The highest BCUT2D eigenvalue weighted by molar-refractivity contribution is 5.60. The number of imidazole rings is 3. The third kappa shape index (κ3) is 2.24. The van der Waals surface area contributed by atoms with Crippen LogP contribution in [0.15, 0.2) is 49.4 Å². The summed E-state index contributed by atoms with van der Waals surface area (Å²) in [5.74, 6) is 2.01. The molecule has 0 unspecified atom stereocenters. The van der Waals surface area contributed by atoms with E-state index in [2.05, 4.69) is 45.3 Å². The van der Waals surface area contributed by atoms with Gasteiger partial charge in [0.25, 0.3) is 0 Å². The molecule has 122 valence electrons. The maximum Gasteiger partial charge on any atom is 0.182 e. The molecule has 4 N–H and O–H groups in total. The summed E-state index contributed by atoms with van der Waals surface area (Å²) in [5, 5.41) is 14.2. The molecule has 0 aliphatic carbocycles. The first-order chi connectivity index (χ1) is 12.4. The van der Waals surface area contributed by atoms with Crippen LogP contribution in [0.2, 0.25) is 0 Å². The second-order valence-corrected chi connectivity index (χ2v) is 5.34. The lowest BCUT2D eigenvalue weighted by Gasteiger charge is -2.01. The summed E-state index contributed by atoms with van der Waals surface area (Å²) in [4.78, 5) is 19.1. The second kappa shape index (κ2) is 5.30. The van der Waals surface area contributed by atoms with E-state index >= 15 is 0 Å². The van der Waals surface area contributed by atoms with Crippen molar-refractivity contribution in [2.75, 3.05) is 0 Å². The number of hydrogen-bond donors (Lipinski definition) is 4. The van der Waals surface area contributed by atoms with Crippen LogP contribution in [0.25, 0.3) is 40.2 Å². The van der Waals surface area contributed by atoms with Gasteiger partial charge in [-0.15, -0.1) is 0 Å². The van der Waals surface area contributed by atoms with Crippen molar-refractivity contribution in [3.05, 3.63) is 49.4 Å². The van der Waals surface area contributed by atoms with E-state index in [1.165, 1.54) is 0 Å². The van der Waals surface area contributed by atoms with Crippen LogP contribution in [-0.4, -0.2) is 49.9 Å². The molecule has 5 rings (SSSR count). The van der Waals surface area contributed by atoms with Gasteiger partial charge in [-0.25, -0.2) is 15.0 Å². The second-order valence-electron chi connectivity index (χ2n) is 5.34. The monoisotopic (exact) mass is 332 g/mol. The van der Waals surface area contributed by atoms with Gasteiger partial charge in [-0.2, -0.15) is 10.2 Å². The van der Waals surface area contributed by atoms with Gasteiger partial charge in [0.1, 0.15) is 0 Å². The predicted molar refractivity (Wildman–Crippen MR) is 88.5 cm³/mol. The Balaban J connectivity index is 1.52. The minimum Gasteiger partial charge on any atom is -0.343 e. The van der Waals surface area contributed by atoms with Crippen molar-refractivity contribution >= 4 is 0 Å². The van der Waals surface area contributed by atoms with Gasteiger partial charge in [-0.05, 0) is 6.07 Å². The number of aromatic amines is 4. The van der Waals surface area contributed by atoms with Gasteiger partial charge >= 0.3 is 0 Å². The van der Waals surface area contributed by atoms with Crippen molar-refractivity contribution in [3.63, 3.8) is 0 Å². The minimum atomic E-state index is 0.640. The van der Waals surface area contributed by atoms with Crippen LogP contribution in [0.1, 0.15) is 0 Å². The van der Waals surface area contributed by atoms with Crippen molar-refractivity contribution in [1.82, 2.24) is 49.9 Å². The summed E-state index contributed by atoms with van der Waals surface area (Å²) in [7, 11) is 0. The van der Waals surface area contributed by atoms with Gasteiger partial charge in [-0.1, -0.05) is 0 Å². The number of aromatic nitrogens is 10. The molecule has 5 aromatic heterocycles. The molecule has 0 saturated carbocycles. The molecule has 0 bridgehead atoms. The van der Waals surface area contributed by atoms with Crippen LogP contribution in [0, 0.1) is 0 Å². The van der Waals surface area contributed by atoms with Crippen molar-refractivity contribution < 1.29 is 0 Å². The Morgan fingerprint density at radius 2 is 1.92 bits per heavy atom. The van der Waals surface area contributed by atoms with Crippen LogP contribution in [-0.2, 0) is 0 Å². The van der Waals surface area contributed by atoms with Gasteiger partial charge in [0.15, 0.2) is 17.5 Å². The third-order valence-electron chi connectivity index (χ3n) is 3.82. The zero-order valence-corrected chi connectivity index (χ0v) is 12.8. The fraction of sp³-hybridized carbons (Fsp3) is 0. The lowest BCUT2D eigenvalue weighted by Crippen LogP contribution is -1.98. The molecule has 0 fully saturated rings. The first kappa shape index (κ1) is 13.5. The molecule has 0 aliphatic rings. The van der Waals surface area contributed by atoms with E-state index in [0.29, 0.717) is 17.5 Å². The van der Waals surface area contributed by atoms with Gasteiger partial charge in [0, 0.05) is 24.7 Å². The van der Waals surface area contributed by atoms with E-state index in [-0.39, 0.29) is 0 Å². The first-order valence-electron chi connectivity index (χ1n) is 7.51. The molecular formula is C15H12N10. The maximum atomic E-state index is 4.42. The Bertz CT molecular complexity index is 1010. The average molecular weight is 332 g/mol. The highest BCUT2D eigenvalue weighted by Gasteiger charge is 2.15. The topological polar surface area (TPSA) is 133 Å². The van der Waals surface area contributed by atoms with E-state index in [4.69, 9.17) is 0 Å². The molecule has 0 aliphatic heterocycles. The Morgan fingerprint density at radius 3 is 2.76 bits per heavy atom. The van der Waals surface area contributed by atoms with Crippen molar-refractivity contribution in [2.45, 2.75) is 0 Å². The van der Waals surface area contributed by atoms with E-state index in [0.717, 1.165) is 22.8 Å². The quantitative estimate of drug-likeness (QED) is 0.398. The van der Waals surface area contributed by atoms with Crippen molar-refractivity contribution in [1.29, 1.82) is 0 Å². The highest BCUT2D eigenvalue weighted by Crippen LogP contribution is 2.23. The fourth-order valence-corrected chi connectivity index (χ4v) is 2.62. The van der Waals surface area contributed by atoms with Crippen LogP contribution >= 0.6 is 0 Å². The number of rotatable bonds is 4. The summed E-state index contributed by atoms with van der Waals surface area (Å²) < 4.78 is 1.85. The molecule has 0 radical (unpaired) electrons. The number of nitrogens with one attached hydrogen (secondary N) is 4. The largest absolute Gasteiger partial charge is 0.343 e. The highest BCUT2D eigenvalue weighted by atomic mass is 15.2. The lowest BCUT2D eigenvalue weighted by atomic mass is 10.3. The molecule has 0 aromatic carbocycles. The van der Waals surface area contributed by atoms with E-state index in [9.17, 15) is 0 Å². The van der Waals surface area contributed by atoms with E-state index in [1.807, 2.05) is 22.9 Å². The maximum absolute atomic E-state index is 4.42. The van der Waals surface area contributed by atoms with Crippen molar-refractivity contribution in [3.8, 4) is 40.2 Å². The lowest BCUT2D eigenvalue weighted by molar-refractivity contribution is 0.952. The zero-order chi connectivity index (χ0) is 16.6. The SMILES string of the molecule is c1cc(-c2cc(-n3ccnc3-c3ncc(-c4cnc[nH]4)[nH]3)n[nH]2)[nH]n1. The van der Waals surface area contributed by atoms with Gasteiger partial charge in [0.2, 0.25) is 0 Å². The van der Waals surface area contributed by atoms with Gasteiger partial charge in [-0.3, -0.25) is 14.8 Å². The molecule has 5 aromatic rings. The Hall–Kier alpha value is -3.95. The van der Waals surface area contributed by atoms with Gasteiger partial charge in [0.05, 0.1) is 41.5 Å². The zero-order valence-electron chi connectivity index (χ0n) is 12.8. The average Bonchev–Trinajstić information content (AvgIpc) is 3.48. The summed E-state index contributed by atoms with van der Waals surface area (Å²) in [5.41, 5.74) is 3.39. The van der Waals surface area contributed by atoms with Crippen molar-refractivity contribution in [2.24, 2.45) is 0 Å². The van der Waals surface area contributed by atoms with E-state index < -0.39 is 0 Å². The number of hydrogen-bond acceptors (Lipinski definition) is 5. The van der Waals surface area contributed by atoms with Gasteiger partial charge < -0.3 is 9.97 Å². The van der Waals surface area contributed by atoms with Crippen LogP contribution < -0.4 is 0 Å². The molecule has 0 atom stereocenters. The molecule has 10 nitrogen and oxygen atoms in total. The molecule has 0 saturated heterocycles. The molecule has 10 heteroatoms. The number of nitrogens with zero attached hydrogens (tertiary/aromatic N) is 6. The van der Waals surface area contributed by atoms with Crippen LogP contribution in [0.4, 0.5) is 0 Å². The normalized spacial score (nSPS) is 11.2. The molecule has 0 spiro atoms. The smallest absolute Gasteiger partial charge is 0.182 e. The first-order valence-corrected chi connectivity index (χ1v) is 7.51. The standard InChI is InChI=1S/C15H12N10/c1-2-20-22-9(1)10-5-13(24-23-10)25-4-3-17-15(25)14-18-7-12(21-14)11-6-16-8-19-11/h1-8H,(H,16,19)(H,18,21)(H,20,22)(H,23,24). The summed E-state index contributed by atoms with van der Waals surface area (Å²) in [6.45, 7) is 0. The summed E-state index contributed by atoms with van der Waals surface area (Å²) in [6, 6.07) is 3.78. The molecule has 0 amide bonds. The Morgan fingerprint density at radius 1 is 0.920 bits per heavy atom. The molecule has 5 heterocycles. The summed E-state index contributed by atoms with van der Waals surface area (Å²) in [6.07, 6.45) is 10.3. The summed E-state index contributed by atoms with van der Waals surface area (Å²) >= 11 is 0. The minimum absolute atomic E-state index is 0.640. The fourth-order valence-electron chi connectivity index (χ4n) is 2.62. The predicted octanol–water partition coefficient (Wildman–Crippen LogP) is 1.77. The third-order valence-corrected chi connectivity index (χ3v) is 3.82. The van der Waals surface area contributed by atoms with Crippen LogP contribution in [0.5, 0.6) is 0 Å². The Labute approximate surface area is 140 Å². The van der Waals surface area contributed by atoms with E-state index in [1.54, 1.807) is 31.1 Å². The Kier molecular flexibility index (Phi) is 2.86.